The number of aryl methyl sites for hydroxylation is 1. The lowest BCUT2D eigenvalue weighted by Crippen LogP contribution is -2.44. The number of rotatable bonds is 4. The van der Waals surface area contributed by atoms with E-state index in [2.05, 4.69) is 15.5 Å². The lowest BCUT2D eigenvalue weighted by molar-refractivity contribution is -0.134. The van der Waals surface area contributed by atoms with Crippen LogP contribution in [0.3, 0.4) is 0 Å². The molecule has 94 valence electrons. The molecular formula is C10H16N4O3. The maximum atomic E-state index is 11.7. The van der Waals surface area contributed by atoms with Crippen LogP contribution in [0.25, 0.3) is 0 Å². The van der Waals surface area contributed by atoms with Gasteiger partial charge in [-0.15, -0.1) is 0 Å². The molecule has 1 aromatic rings. The first-order valence-corrected chi connectivity index (χ1v) is 5.61. The fraction of sp³-hybridized carbons (Fsp3) is 0.700. The van der Waals surface area contributed by atoms with Gasteiger partial charge in [-0.3, -0.25) is 4.79 Å². The van der Waals surface area contributed by atoms with E-state index in [9.17, 15) is 4.79 Å². The summed E-state index contributed by atoms with van der Waals surface area (Å²) in [4.78, 5) is 17.6. The molecule has 1 aromatic heterocycles. The second kappa shape index (κ2) is 5.74. The smallest absolute Gasteiger partial charge is 0.236 e. The lowest BCUT2D eigenvalue weighted by atomic mass is 10.4. The molecule has 17 heavy (non-hydrogen) atoms. The van der Waals surface area contributed by atoms with Gasteiger partial charge in [-0.1, -0.05) is 5.16 Å². The third kappa shape index (κ3) is 3.50. The Balaban J connectivity index is 1.69. The number of hydrogen-bond donors (Lipinski definition) is 1. The molecule has 0 radical (unpaired) electrons. The van der Waals surface area contributed by atoms with E-state index < -0.39 is 0 Å². The predicted molar refractivity (Wildman–Crippen MR) is 58.1 cm³/mol. The van der Waals surface area contributed by atoms with Crippen LogP contribution in [0.2, 0.25) is 0 Å². The molecule has 0 bridgehead atoms. The normalized spacial score (nSPS) is 16.2. The molecule has 0 saturated carbocycles. The molecule has 1 saturated heterocycles. The highest BCUT2D eigenvalue weighted by Crippen LogP contribution is 1.97. The number of morpholine rings is 1. The number of carbonyl (C=O) groups excluding carboxylic acids is 1. The van der Waals surface area contributed by atoms with Gasteiger partial charge in [0.2, 0.25) is 11.8 Å². The van der Waals surface area contributed by atoms with Gasteiger partial charge >= 0.3 is 0 Å². The third-order valence-electron chi connectivity index (χ3n) is 2.49. The Morgan fingerprint density at radius 1 is 1.47 bits per heavy atom. The molecule has 1 fully saturated rings. The molecule has 7 nitrogen and oxygen atoms in total. The molecule has 0 atom stereocenters. The summed E-state index contributed by atoms with van der Waals surface area (Å²) in [5.41, 5.74) is 0. The minimum absolute atomic E-state index is 0.0773. The van der Waals surface area contributed by atoms with Gasteiger partial charge in [-0.05, 0) is 0 Å². The average molecular weight is 240 g/mol. The summed E-state index contributed by atoms with van der Waals surface area (Å²) in [7, 11) is 0. The van der Waals surface area contributed by atoms with Crippen LogP contribution >= 0.6 is 0 Å². The maximum absolute atomic E-state index is 11.7. The van der Waals surface area contributed by atoms with Crippen molar-refractivity contribution in [3.05, 3.63) is 11.7 Å². The van der Waals surface area contributed by atoms with Crippen molar-refractivity contribution in [2.24, 2.45) is 0 Å². The van der Waals surface area contributed by atoms with Crippen molar-refractivity contribution in [3.8, 4) is 0 Å². The Bertz CT molecular complexity index is 373. The van der Waals surface area contributed by atoms with E-state index in [1.165, 1.54) is 0 Å². The van der Waals surface area contributed by atoms with Gasteiger partial charge in [-0.2, -0.15) is 4.98 Å². The van der Waals surface area contributed by atoms with E-state index in [0.29, 0.717) is 44.6 Å². The summed E-state index contributed by atoms with van der Waals surface area (Å²) in [6.45, 7) is 5.03. The zero-order valence-electron chi connectivity index (χ0n) is 9.81. The first-order chi connectivity index (χ1) is 8.25. The molecule has 0 aromatic carbocycles. The monoisotopic (exact) mass is 240 g/mol. The van der Waals surface area contributed by atoms with Crippen LogP contribution < -0.4 is 5.32 Å². The van der Waals surface area contributed by atoms with Gasteiger partial charge in [0.05, 0.1) is 26.3 Å². The quantitative estimate of drug-likeness (QED) is 0.751. The van der Waals surface area contributed by atoms with Gasteiger partial charge in [0.25, 0.3) is 0 Å². The lowest BCUT2D eigenvalue weighted by Gasteiger charge is -2.26. The van der Waals surface area contributed by atoms with Crippen molar-refractivity contribution in [1.29, 1.82) is 0 Å². The van der Waals surface area contributed by atoms with Crippen molar-refractivity contribution in [1.82, 2.24) is 20.4 Å². The molecule has 1 amide bonds. The highest BCUT2D eigenvalue weighted by molar-refractivity contribution is 5.78. The van der Waals surface area contributed by atoms with E-state index in [4.69, 9.17) is 9.26 Å². The Morgan fingerprint density at radius 2 is 2.24 bits per heavy atom. The molecule has 2 rings (SSSR count). The molecule has 7 heteroatoms. The van der Waals surface area contributed by atoms with E-state index >= 15 is 0 Å². The summed E-state index contributed by atoms with van der Waals surface area (Å²) in [5, 5.41) is 6.73. The molecule has 0 spiro atoms. The minimum Gasteiger partial charge on any atom is -0.378 e. The first-order valence-electron chi connectivity index (χ1n) is 5.61. The Labute approximate surface area is 99.1 Å². The second-order valence-electron chi connectivity index (χ2n) is 3.83. The number of ether oxygens (including phenoxy) is 1. The Hall–Kier alpha value is -1.47. The molecule has 1 aliphatic heterocycles. The highest BCUT2D eigenvalue weighted by atomic mass is 16.5. The first kappa shape index (κ1) is 12.0. The van der Waals surface area contributed by atoms with Gasteiger partial charge < -0.3 is 19.5 Å². The van der Waals surface area contributed by atoms with E-state index in [1.54, 1.807) is 11.8 Å². The topological polar surface area (TPSA) is 80.5 Å². The predicted octanol–water partition coefficient (Wildman–Crippen LogP) is -0.674. The average Bonchev–Trinajstić information content (AvgIpc) is 2.76. The van der Waals surface area contributed by atoms with Crippen LogP contribution in [0, 0.1) is 6.92 Å². The highest BCUT2D eigenvalue weighted by Gasteiger charge is 2.16. The summed E-state index contributed by atoms with van der Waals surface area (Å²) >= 11 is 0. The van der Waals surface area contributed by atoms with Crippen molar-refractivity contribution >= 4 is 5.91 Å². The standard InChI is InChI=1S/C10H16N4O3/c1-8-12-9(13-17-8)6-11-7-10(15)14-2-4-16-5-3-14/h11H,2-7H2,1H3. The van der Waals surface area contributed by atoms with Crippen molar-refractivity contribution in [2.75, 3.05) is 32.8 Å². The Kier molecular flexibility index (Phi) is 4.05. The van der Waals surface area contributed by atoms with Crippen LogP contribution in [0.15, 0.2) is 4.52 Å². The minimum atomic E-state index is 0.0773. The zero-order valence-corrected chi connectivity index (χ0v) is 9.81. The zero-order chi connectivity index (χ0) is 12.1. The summed E-state index contributed by atoms with van der Waals surface area (Å²) < 4.78 is 10.0. The number of nitrogens with one attached hydrogen (secondary N) is 1. The molecular weight excluding hydrogens is 224 g/mol. The van der Waals surface area contributed by atoms with Crippen LogP contribution in [0.5, 0.6) is 0 Å². The summed E-state index contributed by atoms with van der Waals surface area (Å²) in [6.07, 6.45) is 0. The van der Waals surface area contributed by atoms with Gasteiger partial charge in [-0.25, -0.2) is 0 Å². The van der Waals surface area contributed by atoms with Crippen LogP contribution in [0.1, 0.15) is 11.7 Å². The Morgan fingerprint density at radius 3 is 2.88 bits per heavy atom. The van der Waals surface area contributed by atoms with Crippen molar-refractivity contribution < 1.29 is 14.1 Å². The maximum Gasteiger partial charge on any atom is 0.236 e. The van der Waals surface area contributed by atoms with Crippen LogP contribution in [-0.4, -0.2) is 53.8 Å². The van der Waals surface area contributed by atoms with Gasteiger partial charge in [0, 0.05) is 20.0 Å². The van der Waals surface area contributed by atoms with Crippen molar-refractivity contribution in [3.63, 3.8) is 0 Å². The van der Waals surface area contributed by atoms with E-state index in [1.807, 2.05) is 0 Å². The fourth-order valence-corrected chi connectivity index (χ4v) is 1.62. The molecule has 0 aliphatic carbocycles. The largest absolute Gasteiger partial charge is 0.378 e. The van der Waals surface area contributed by atoms with Crippen LogP contribution in [-0.2, 0) is 16.1 Å². The van der Waals surface area contributed by atoms with Gasteiger partial charge in [0.15, 0.2) is 5.82 Å². The summed E-state index contributed by atoms with van der Waals surface area (Å²) in [5.74, 6) is 1.17. The van der Waals surface area contributed by atoms with Crippen molar-refractivity contribution in [2.45, 2.75) is 13.5 Å². The molecule has 1 N–H and O–H groups in total. The molecule has 1 aliphatic rings. The molecule has 0 unspecified atom stereocenters. The summed E-state index contributed by atoms with van der Waals surface area (Å²) in [6, 6.07) is 0. The number of amides is 1. The van der Waals surface area contributed by atoms with Crippen LogP contribution in [0.4, 0.5) is 0 Å². The SMILES string of the molecule is Cc1nc(CNCC(=O)N2CCOCC2)no1. The number of carbonyl (C=O) groups is 1. The number of hydrogen-bond acceptors (Lipinski definition) is 6. The molecule has 2 heterocycles. The number of nitrogens with zero attached hydrogens (tertiary/aromatic N) is 3. The number of aromatic nitrogens is 2. The van der Waals surface area contributed by atoms with Gasteiger partial charge in [0.1, 0.15) is 0 Å². The van der Waals surface area contributed by atoms with E-state index in [-0.39, 0.29) is 12.5 Å². The van der Waals surface area contributed by atoms with E-state index in [0.717, 1.165) is 0 Å². The second-order valence-corrected chi connectivity index (χ2v) is 3.83. The fourth-order valence-electron chi connectivity index (χ4n) is 1.62. The third-order valence-corrected chi connectivity index (χ3v) is 2.49.